The van der Waals surface area contributed by atoms with E-state index in [1.165, 1.54) is 0 Å². The van der Waals surface area contributed by atoms with Gasteiger partial charge in [0.15, 0.2) is 11.4 Å². The average molecular weight is 615 g/mol. The molecule has 3 aliphatic carbocycles. The number of hydrogen-bond acceptors (Lipinski definition) is 10. The first-order valence-corrected chi connectivity index (χ1v) is 15.4. The molecule has 11 heteroatoms. The first-order chi connectivity index (χ1) is 20.2. The van der Waals surface area contributed by atoms with E-state index in [-0.39, 0.29) is 40.6 Å². The fourth-order valence-corrected chi connectivity index (χ4v) is 7.25. The largest absolute Gasteiger partial charge is 0.507 e. The number of aromatic hydroxyl groups is 1. The summed E-state index contributed by atoms with van der Waals surface area (Å²) in [6.07, 6.45) is -1.16. The van der Waals surface area contributed by atoms with Crippen LogP contribution in [0.1, 0.15) is 70.2 Å². The molecular formula is C33H50N4O7. The second-order valence-electron chi connectivity index (χ2n) is 15.5. The number of phenolic OH excluding ortho intramolecular Hbond substituents is 1. The number of nitrogens with zero attached hydrogens (tertiary/aromatic N) is 1. The first-order valence-electron chi connectivity index (χ1n) is 15.4. The van der Waals surface area contributed by atoms with Crippen LogP contribution in [0.2, 0.25) is 0 Å². The van der Waals surface area contributed by atoms with Crippen LogP contribution in [0.25, 0.3) is 5.76 Å². The monoisotopic (exact) mass is 614 g/mol. The maximum Gasteiger partial charge on any atom is 0.230 e. The van der Waals surface area contributed by atoms with Crippen molar-refractivity contribution in [2.24, 2.45) is 34.3 Å². The molecule has 1 aromatic rings. The molecule has 4 rings (SSSR count). The summed E-state index contributed by atoms with van der Waals surface area (Å²) >= 11 is 0. The molecule has 244 valence electrons. The van der Waals surface area contributed by atoms with Gasteiger partial charge in [-0.25, -0.2) is 0 Å². The van der Waals surface area contributed by atoms with Gasteiger partial charge in [-0.15, -0.1) is 0 Å². The second kappa shape index (κ2) is 11.8. The van der Waals surface area contributed by atoms with Gasteiger partial charge in [-0.05, 0) is 60.9 Å². The molecule has 1 amide bonds. The van der Waals surface area contributed by atoms with E-state index in [4.69, 9.17) is 5.73 Å². The molecule has 0 spiro atoms. The van der Waals surface area contributed by atoms with Crippen LogP contribution in [-0.2, 0) is 33.9 Å². The minimum Gasteiger partial charge on any atom is -0.507 e. The van der Waals surface area contributed by atoms with Crippen molar-refractivity contribution in [2.45, 2.75) is 85.2 Å². The fourth-order valence-electron chi connectivity index (χ4n) is 7.25. The second-order valence-corrected chi connectivity index (χ2v) is 15.5. The van der Waals surface area contributed by atoms with Crippen LogP contribution >= 0.6 is 0 Å². The zero-order valence-electron chi connectivity index (χ0n) is 27.2. The summed E-state index contributed by atoms with van der Waals surface area (Å²) in [5.74, 6) is -7.40. The minimum atomic E-state index is -2.68. The SMILES string of the molecule is CN(C)C1C(O)C(C(N)=O)C(=O)[C@]2(O)C(=O)C3=C(O)c4c(O)c(CNCC(C)(C)C)cc(CNCC(C)(C)C)c4C[C@@H]3C[C@H]12. The molecule has 3 aliphatic rings. The topological polar surface area (TPSA) is 185 Å². The Morgan fingerprint density at radius 1 is 1.02 bits per heavy atom. The molecule has 44 heavy (non-hydrogen) atoms. The number of Topliss-reactive ketones (excluding diaryl/α,β-unsaturated/α-hetero) is 2. The van der Waals surface area contributed by atoms with Gasteiger partial charge in [-0.2, -0.15) is 0 Å². The smallest absolute Gasteiger partial charge is 0.230 e. The van der Waals surface area contributed by atoms with Crippen molar-refractivity contribution in [1.82, 2.24) is 15.5 Å². The average Bonchev–Trinajstić information content (AvgIpc) is 2.86. The number of rotatable bonds is 8. The Balaban J connectivity index is 1.85. The van der Waals surface area contributed by atoms with Gasteiger partial charge in [0.25, 0.3) is 0 Å². The Morgan fingerprint density at radius 3 is 2.07 bits per heavy atom. The number of benzene rings is 1. The molecule has 2 saturated carbocycles. The highest BCUT2D eigenvalue weighted by atomic mass is 16.3. The number of primary amides is 1. The first kappa shape index (κ1) is 34.1. The number of carbonyl (C=O) groups is 3. The lowest BCUT2D eigenvalue weighted by molar-refractivity contribution is -0.184. The third kappa shape index (κ3) is 6.04. The van der Waals surface area contributed by atoms with Crippen LogP contribution in [0.3, 0.4) is 0 Å². The van der Waals surface area contributed by atoms with E-state index in [0.29, 0.717) is 30.8 Å². The molecule has 11 nitrogen and oxygen atoms in total. The quantitative estimate of drug-likeness (QED) is 0.211. The molecule has 2 fully saturated rings. The summed E-state index contributed by atoms with van der Waals surface area (Å²) in [4.78, 5) is 41.7. The number of carbonyl (C=O) groups excluding carboxylic acids is 3. The number of nitrogens with two attached hydrogens (primary N) is 1. The summed E-state index contributed by atoms with van der Waals surface area (Å²) in [5, 5.41) is 53.1. The lowest BCUT2D eigenvalue weighted by Gasteiger charge is -2.53. The third-order valence-electron chi connectivity index (χ3n) is 9.20. The fraction of sp³-hybridized carbons (Fsp3) is 0.667. The van der Waals surface area contributed by atoms with Crippen LogP contribution in [0.4, 0.5) is 0 Å². The predicted molar refractivity (Wildman–Crippen MR) is 166 cm³/mol. The summed E-state index contributed by atoms with van der Waals surface area (Å²) < 4.78 is 0. The van der Waals surface area contributed by atoms with Gasteiger partial charge in [-0.1, -0.05) is 41.5 Å². The summed E-state index contributed by atoms with van der Waals surface area (Å²) in [6, 6.07) is 0.994. The molecule has 0 aromatic heterocycles. The number of phenols is 1. The van der Waals surface area contributed by atoms with Gasteiger partial charge >= 0.3 is 0 Å². The van der Waals surface area contributed by atoms with E-state index < -0.39 is 58.7 Å². The Hall–Kier alpha value is -2.83. The number of amides is 1. The van der Waals surface area contributed by atoms with E-state index in [0.717, 1.165) is 12.1 Å². The molecule has 0 radical (unpaired) electrons. The van der Waals surface area contributed by atoms with E-state index in [9.17, 15) is 34.8 Å². The molecule has 0 heterocycles. The van der Waals surface area contributed by atoms with Crippen molar-refractivity contribution in [2.75, 3.05) is 27.2 Å². The van der Waals surface area contributed by atoms with Gasteiger partial charge in [0.1, 0.15) is 17.4 Å². The molecule has 0 aliphatic heterocycles. The number of hydrogen-bond donors (Lipinski definition) is 7. The maximum atomic E-state index is 14.2. The van der Waals surface area contributed by atoms with Gasteiger partial charge in [0.05, 0.1) is 11.7 Å². The standard InChI is InChI=1S/C33H50N4O7/c1-31(2,3)14-35-12-17-9-18(13-36-15-32(4,5)6)25(38)22-19(17)10-16-11-20-24(37(7)8)27(40)23(30(34)43)29(42)33(20,44)28(41)21(16)26(22)39/h9,16,20,23-24,27,35-36,38-40,44H,10-15H2,1-8H3,(H2,34,43)/t16-,20-,23?,24?,27?,33-/m1/s1. The number of aliphatic hydroxyl groups is 3. The van der Waals surface area contributed by atoms with Crippen molar-refractivity contribution >= 4 is 23.2 Å². The van der Waals surface area contributed by atoms with E-state index in [2.05, 4.69) is 52.2 Å². The van der Waals surface area contributed by atoms with Crippen LogP contribution in [0, 0.1) is 28.6 Å². The van der Waals surface area contributed by atoms with Crippen molar-refractivity contribution in [3.8, 4) is 5.75 Å². The Kier molecular flexibility index (Phi) is 9.16. The minimum absolute atomic E-state index is 0.00788. The molecular weight excluding hydrogens is 564 g/mol. The molecule has 1 aromatic carbocycles. The van der Waals surface area contributed by atoms with E-state index >= 15 is 0 Å². The molecule has 6 atom stereocenters. The highest BCUT2D eigenvalue weighted by molar-refractivity contribution is 6.25. The zero-order valence-corrected chi connectivity index (χ0v) is 27.2. The summed E-state index contributed by atoms with van der Waals surface area (Å²) in [6.45, 7) is 14.8. The molecule has 8 N–H and O–H groups in total. The predicted octanol–water partition coefficient (Wildman–Crippen LogP) is 1.40. The highest BCUT2D eigenvalue weighted by Crippen LogP contribution is 2.53. The van der Waals surface area contributed by atoms with Gasteiger partial charge in [0, 0.05) is 49.3 Å². The Bertz CT molecular complexity index is 1370. The third-order valence-corrected chi connectivity index (χ3v) is 9.20. The van der Waals surface area contributed by atoms with Gasteiger partial charge < -0.3 is 41.7 Å². The van der Waals surface area contributed by atoms with Crippen LogP contribution in [0.15, 0.2) is 11.6 Å². The zero-order chi connectivity index (χ0) is 33.1. The van der Waals surface area contributed by atoms with Crippen LogP contribution in [-0.4, -0.2) is 87.7 Å². The van der Waals surface area contributed by atoms with E-state index in [1.54, 1.807) is 19.0 Å². The van der Waals surface area contributed by atoms with Crippen LogP contribution in [0.5, 0.6) is 5.75 Å². The number of nitrogens with one attached hydrogen (secondary N) is 2. The van der Waals surface area contributed by atoms with Crippen molar-refractivity contribution in [3.63, 3.8) is 0 Å². The summed E-state index contributed by atoms with van der Waals surface area (Å²) in [5.41, 5.74) is 4.88. The van der Waals surface area contributed by atoms with Crippen molar-refractivity contribution in [3.05, 3.63) is 33.9 Å². The number of fused-ring (bicyclic) bond motifs is 3. The van der Waals surface area contributed by atoms with E-state index in [1.807, 2.05) is 6.07 Å². The Labute approximate surface area is 259 Å². The normalized spacial score (nSPS) is 29.0. The lowest BCUT2D eigenvalue weighted by atomic mass is 9.54. The number of aliphatic hydroxyl groups excluding tert-OH is 2. The number of ketones is 2. The van der Waals surface area contributed by atoms with Crippen molar-refractivity contribution in [1.29, 1.82) is 0 Å². The Morgan fingerprint density at radius 2 is 1.57 bits per heavy atom. The highest BCUT2D eigenvalue weighted by Gasteiger charge is 2.67. The maximum absolute atomic E-state index is 14.2. The van der Waals surface area contributed by atoms with Crippen LogP contribution < -0.4 is 16.4 Å². The summed E-state index contributed by atoms with van der Waals surface area (Å²) in [7, 11) is 3.27. The lowest BCUT2D eigenvalue weighted by Crippen LogP contribution is -2.73. The van der Waals surface area contributed by atoms with Gasteiger partial charge in [0.2, 0.25) is 11.7 Å². The van der Waals surface area contributed by atoms with Gasteiger partial charge in [-0.3, -0.25) is 14.4 Å². The molecule has 0 saturated heterocycles. The molecule has 3 unspecified atom stereocenters. The number of likely N-dealkylation sites (N-methyl/N-ethyl adjacent to an activating group) is 1. The molecule has 0 bridgehead atoms. The van der Waals surface area contributed by atoms with Crippen molar-refractivity contribution < 1.29 is 34.8 Å².